The predicted octanol–water partition coefficient (Wildman–Crippen LogP) is 2.07. The predicted molar refractivity (Wildman–Crippen MR) is 81.7 cm³/mol. The van der Waals surface area contributed by atoms with E-state index in [2.05, 4.69) is 20.4 Å². The minimum absolute atomic E-state index is 0.144. The van der Waals surface area contributed by atoms with Crippen LogP contribution in [-0.2, 0) is 6.54 Å². The Labute approximate surface area is 132 Å². The fourth-order valence-corrected chi connectivity index (χ4v) is 1.96. The lowest BCUT2D eigenvalue weighted by molar-refractivity contribution is 0.0946. The number of carbonyl (C=O) groups excluding carboxylic acids is 1. The van der Waals surface area contributed by atoms with E-state index in [9.17, 15) is 4.79 Å². The summed E-state index contributed by atoms with van der Waals surface area (Å²) < 4.78 is 10.3. The second-order valence-corrected chi connectivity index (χ2v) is 4.67. The van der Waals surface area contributed by atoms with Crippen molar-refractivity contribution < 1.29 is 14.1 Å². The fraction of sp³-hybridized carbons (Fsp3) is 0.125. The topological polar surface area (TPSA) is 90.1 Å². The largest absolute Gasteiger partial charge is 0.497 e. The standard InChI is InChI=1S/C16H14N4O3/c1-22-13-6-2-4-11(8-13)15-19-14(23-20-15)10-18-16(21)12-5-3-7-17-9-12/h2-9H,10H2,1H3,(H,18,21). The summed E-state index contributed by atoms with van der Waals surface area (Å²) in [5.41, 5.74) is 1.25. The Hall–Kier alpha value is -3.22. The van der Waals surface area contributed by atoms with Crippen molar-refractivity contribution in [2.24, 2.45) is 0 Å². The first-order valence-electron chi connectivity index (χ1n) is 6.91. The van der Waals surface area contributed by atoms with Crippen molar-refractivity contribution in [3.8, 4) is 17.1 Å². The molecule has 23 heavy (non-hydrogen) atoms. The van der Waals surface area contributed by atoms with E-state index in [0.717, 1.165) is 5.56 Å². The summed E-state index contributed by atoms with van der Waals surface area (Å²) >= 11 is 0. The van der Waals surface area contributed by atoms with Crippen LogP contribution in [0.1, 0.15) is 16.2 Å². The summed E-state index contributed by atoms with van der Waals surface area (Å²) in [7, 11) is 1.59. The Morgan fingerprint density at radius 1 is 1.30 bits per heavy atom. The zero-order valence-electron chi connectivity index (χ0n) is 12.4. The zero-order chi connectivity index (χ0) is 16.1. The maximum Gasteiger partial charge on any atom is 0.253 e. The quantitative estimate of drug-likeness (QED) is 0.776. The fourth-order valence-electron chi connectivity index (χ4n) is 1.96. The van der Waals surface area contributed by atoms with E-state index >= 15 is 0 Å². The number of rotatable bonds is 5. The SMILES string of the molecule is COc1cccc(-c2noc(CNC(=O)c3cccnc3)n2)c1. The third-order valence-corrected chi connectivity index (χ3v) is 3.12. The molecular formula is C16H14N4O3. The number of nitrogens with zero attached hydrogens (tertiary/aromatic N) is 3. The van der Waals surface area contributed by atoms with Gasteiger partial charge in [0.2, 0.25) is 11.7 Å². The molecule has 0 unspecified atom stereocenters. The van der Waals surface area contributed by atoms with Gasteiger partial charge in [-0.3, -0.25) is 9.78 Å². The number of pyridine rings is 1. The zero-order valence-corrected chi connectivity index (χ0v) is 12.4. The average Bonchev–Trinajstić information content (AvgIpc) is 3.09. The monoisotopic (exact) mass is 310 g/mol. The Bertz CT molecular complexity index is 802. The van der Waals surface area contributed by atoms with Gasteiger partial charge in [0.25, 0.3) is 5.91 Å². The third kappa shape index (κ3) is 3.52. The maximum atomic E-state index is 11.9. The number of nitrogens with one attached hydrogen (secondary N) is 1. The van der Waals surface area contributed by atoms with Crippen molar-refractivity contribution >= 4 is 5.91 Å². The van der Waals surface area contributed by atoms with Crippen molar-refractivity contribution in [1.29, 1.82) is 0 Å². The molecule has 7 nitrogen and oxygen atoms in total. The van der Waals surface area contributed by atoms with Gasteiger partial charge in [0.15, 0.2) is 0 Å². The summed E-state index contributed by atoms with van der Waals surface area (Å²) in [6.45, 7) is 0.144. The number of carbonyl (C=O) groups is 1. The smallest absolute Gasteiger partial charge is 0.253 e. The van der Waals surface area contributed by atoms with Crippen molar-refractivity contribution in [3.05, 3.63) is 60.2 Å². The van der Waals surface area contributed by atoms with Crippen molar-refractivity contribution in [3.63, 3.8) is 0 Å². The lowest BCUT2D eigenvalue weighted by Gasteiger charge is -2.01. The number of hydrogen-bond donors (Lipinski definition) is 1. The molecule has 0 fully saturated rings. The highest BCUT2D eigenvalue weighted by Crippen LogP contribution is 2.21. The molecule has 2 aromatic heterocycles. The van der Waals surface area contributed by atoms with Crippen LogP contribution in [0.4, 0.5) is 0 Å². The van der Waals surface area contributed by atoms with Crippen LogP contribution in [-0.4, -0.2) is 28.1 Å². The van der Waals surface area contributed by atoms with E-state index in [0.29, 0.717) is 23.0 Å². The van der Waals surface area contributed by atoms with Gasteiger partial charge < -0.3 is 14.6 Å². The van der Waals surface area contributed by atoms with Gasteiger partial charge in [0.05, 0.1) is 19.2 Å². The molecule has 0 bridgehead atoms. The Kier molecular flexibility index (Phi) is 4.28. The Morgan fingerprint density at radius 2 is 2.22 bits per heavy atom. The normalized spacial score (nSPS) is 10.3. The first-order chi connectivity index (χ1) is 11.3. The Balaban J connectivity index is 1.66. The molecule has 1 amide bonds. The minimum atomic E-state index is -0.251. The number of methoxy groups -OCH3 is 1. The first-order valence-corrected chi connectivity index (χ1v) is 6.91. The molecule has 0 aliphatic rings. The van der Waals surface area contributed by atoms with Crippen molar-refractivity contribution in [2.75, 3.05) is 7.11 Å². The molecule has 0 aliphatic heterocycles. The molecular weight excluding hydrogens is 296 g/mol. The van der Waals surface area contributed by atoms with Crippen LogP contribution < -0.4 is 10.1 Å². The molecule has 1 N–H and O–H groups in total. The number of hydrogen-bond acceptors (Lipinski definition) is 6. The van der Waals surface area contributed by atoms with E-state index in [4.69, 9.17) is 9.26 Å². The lowest BCUT2D eigenvalue weighted by Crippen LogP contribution is -2.22. The van der Waals surface area contributed by atoms with Gasteiger partial charge in [-0.15, -0.1) is 0 Å². The van der Waals surface area contributed by atoms with Gasteiger partial charge in [-0.25, -0.2) is 0 Å². The lowest BCUT2D eigenvalue weighted by atomic mass is 10.2. The number of aromatic nitrogens is 3. The van der Waals surface area contributed by atoms with E-state index in [-0.39, 0.29) is 12.5 Å². The second-order valence-electron chi connectivity index (χ2n) is 4.67. The van der Waals surface area contributed by atoms with Crippen LogP contribution in [0.25, 0.3) is 11.4 Å². The van der Waals surface area contributed by atoms with Crippen LogP contribution in [0.2, 0.25) is 0 Å². The van der Waals surface area contributed by atoms with Crippen molar-refractivity contribution in [2.45, 2.75) is 6.54 Å². The van der Waals surface area contributed by atoms with E-state index in [1.807, 2.05) is 24.3 Å². The van der Waals surface area contributed by atoms with Gasteiger partial charge in [-0.2, -0.15) is 4.98 Å². The second kappa shape index (κ2) is 6.69. The summed E-state index contributed by atoms with van der Waals surface area (Å²) in [5, 5.41) is 6.61. The first kappa shape index (κ1) is 14.7. The summed E-state index contributed by atoms with van der Waals surface area (Å²) in [5.74, 6) is 1.22. The third-order valence-electron chi connectivity index (χ3n) is 3.12. The molecule has 116 valence electrons. The molecule has 3 rings (SSSR count). The van der Waals surface area contributed by atoms with Crippen molar-refractivity contribution in [1.82, 2.24) is 20.4 Å². The number of amides is 1. The number of ether oxygens (including phenoxy) is 1. The van der Waals surface area contributed by atoms with E-state index in [1.165, 1.54) is 6.20 Å². The number of benzene rings is 1. The van der Waals surface area contributed by atoms with Gasteiger partial charge in [-0.1, -0.05) is 17.3 Å². The van der Waals surface area contributed by atoms with Crippen LogP contribution in [0, 0.1) is 0 Å². The molecule has 3 aromatic rings. The highest BCUT2D eigenvalue weighted by molar-refractivity contribution is 5.93. The molecule has 0 spiro atoms. The maximum absolute atomic E-state index is 11.9. The molecule has 0 radical (unpaired) electrons. The van der Waals surface area contributed by atoms with Crippen LogP contribution in [0.15, 0.2) is 53.3 Å². The van der Waals surface area contributed by atoms with E-state index < -0.39 is 0 Å². The van der Waals surface area contributed by atoms with Gasteiger partial charge >= 0.3 is 0 Å². The van der Waals surface area contributed by atoms with Gasteiger partial charge in [0, 0.05) is 18.0 Å². The highest BCUT2D eigenvalue weighted by Gasteiger charge is 2.11. The van der Waals surface area contributed by atoms with Crippen LogP contribution in [0.3, 0.4) is 0 Å². The van der Waals surface area contributed by atoms with E-state index in [1.54, 1.807) is 25.4 Å². The molecule has 0 saturated carbocycles. The Morgan fingerprint density at radius 3 is 3.00 bits per heavy atom. The molecule has 7 heteroatoms. The average molecular weight is 310 g/mol. The molecule has 1 aromatic carbocycles. The van der Waals surface area contributed by atoms with Crippen LogP contribution in [0.5, 0.6) is 5.75 Å². The highest BCUT2D eigenvalue weighted by atomic mass is 16.5. The van der Waals surface area contributed by atoms with Crippen LogP contribution >= 0.6 is 0 Å². The summed E-state index contributed by atoms with van der Waals surface area (Å²) in [6, 6.07) is 10.7. The minimum Gasteiger partial charge on any atom is -0.497 e. The summed E-state index contributed by atoms with van der Waals surface area (Å²) in [6.07, 6.45) is 3.10. The van der Waals surface area contributed by atoms with Gasteiger partial charge in [0.1, 0.15) is 5.75 Å². The molecule has 0 atom stereocenters. The summed E-state index contributed by atoms with van der Waals surface area (Å²) in [4.78, 5) is 20.1. The molecule has 0 aliphatic carbocycles. The van der Waals surface area contributed by atoms with Gasteiger partial charge in [-0.05, 0) is 24.3 Å². The molecule has 2 heterocycles. The molecule has 0 saturated heterocycles.